The summed E-state index contributed by atoms with van der Waals surface area (Å²) in [7, 11) is 0. The summed E-state index contributed by atoms with van der Waals surface area (Å²) in [5, 5.41) is 44.8. The zero-order valence-electron chi connectivity index (χ0n) is 22.4. The molecule has 1 aliphatic rings. The molecule has 1 heterocycles. The van der Waals surface area contributed by atoms with E-state index in [1.807, 2.05) is 27.7 Å². The molecule has 6 atom stereocenters. The molecule has 37 heavy (non-hydrogen) atoms. The molecule has 14 nitrogen and oxygen atoms in total. The van der Waals surface area contributed by atoms with Gasteiger partial charge in [0.15, 0.2) is 0 Å². The van der Waals surface area contributed by atoms with Crippen LogP contribution in [0.4, 0.5) is 0 Å². The molecule has 1 fully saturated rings. The number of carbonyl (C=O) groups is 4. The van der Waals surface area contributed by atoms with Crippen LogP contribution in [0.2, 0.25) is 0 Å². The second-order valence-corrected chi connectivity index (χ2v) is 9.24. The Bertz CT molecular complexity index is 640. The minimum Gasteiger partial charge on any atom is -0.480 e. The number of aliphatic hydroxyl groups is 1. The van der Waals surface area contributed by atoms with Crippen molar-refractivity contribution in [2.45, 2.75) is 96.5 Å². The summed E-state index contributed by atoms with van der Waals surface area (Å²) in [5.41, 5.74) is 20.9. The molecule has 1 rings (SSSR count). The molecule has 0 aromatic rings. The highest BCUT2D eigenvalue weighted by molar-refractivity contribution is 5.74. The van der Waals surface area contributed by atoms with Crippen LogP contribution in [0.3, 0.4) is 0 Å². The minimum absolute atomic E-state index is 0.0718. The van der Waals surface area contributed by atoms with E-state index in [-0.39, 0.29) is 5.92 Å². The maximum absolute atomic E-state index is 10.2. The van der Waals surface area contributed by atoms with E-state index >= 15 is 0 Å². The number of carboxylic acid groups (broad SMARTS) is 4. The van der Waals surface area contributed by atoms with Crippen LogP contribution in [0, 0.1) is 11.8 Å². The summed E-state index contributed by atoms with van der Waals surface area (Å²) in [6.07, 6.45) is 3.38. The largest absolute Gasteiger partial charge is 0.480 e. The fourth-order valence-corrected chi connectivity index (χ4v) is 2.64. The molecule has 0 aliphatic carbocycles. The Hall–Kier alpha value is -2.36. The van der Waals surface area contributed by atoms with Crippen molar-refractivity contribution in [3.05, 3.63) is 0 Å². The van der Waals surface area contributed by atoms with Crippen LogP contribution < -0.4 is 28.3 Å². The Balaban J connectivity index is -0.000000417. The van der Waals surface area contributed by atoms with Crippen molar-refractivity contribution in [1.82, 2.24) is 5.32 Å². The number of hydrogen-bond acceptors (Lipinski definition) is 10. The number of aliphatic hydroxyl groups excluding tert-OH is 1. The highest BCUT2D eigenvalue weighted by atomic mass is 16.4. The van der Waals surface area contributed by atoms with Gasteiger partial charge in [0.2, 0.25) is 0 Å². The first-order valence-electron chi connectivity index (χ1n) is 12.3. The zero-order chi connectivity index (χ0) is 29.7. The van der Waals surface area contributed by atoms with E-state index in [0.29, 0.717) is 38.3 Å². The van der Waals surface area contributed by atoms with E-state index in [1.165, 1.54) is 0 Å². The highest BCUT2D eigenvalue weighted by Gasteiger charge is 2.27. The Morgan fingerprint density at radius 3 is 1.62 bits per heavy atom. The van der Waals surface area contributed by atoms with Gasteiger partial charge in [-0.25, -0.2) is 0 Å². The van der Waals surface area contributed by atoms with Gasteiger partial charge in [0.1, 0.15) is 24.2 Å². The summed E-state index contributed by atoms with van der Waals surface area (Å²) < 4.78 is 0. The van der Waals surface area contributed by atoms with Gasteiger partial charge in [0.05, 0.1) is 6.10 Å². The number of rotatable bonds is 12. The second kappa shape index (κ2) is 22.8. The molecule has 14 heteroatoms. The van der Waals surface area contributed by atoms with Gasteiger partial charge in [-0.2, -0.15) is 0 Å². The summed E-state index contributed by atoms with van der Waals surface area (Å²) in [6, 6.07) is -2.65. The van der Waals surface area contributed by atoms with Crippen molar-refractivity contribution in [3.63, 3.8) is 0 Å². The van der Waals surface area contributed by atoms with E-state index in [9.17, 15) is 19.2 Å². The topological polar surface area (TPSA) is 286 Å². The number of carboxylic acids is 4. The lowest BCUT2D eigenvalue weighted by Gasteiger charge is -2.11. The van der Waals surface area contributed by atoms with Crippen molar-refractivity contribution in [2.75, 3.05) is 13.1 Å². The van der Waals surface area contributed by atoms with E-state index in [4.69, 9.17) is 48.5 Å². The van der Waals surface area contributed by atoms with Crippen molar-refractivity contribution >= 4 is 23.9 Å². The molecule has 0 bridgehead atoms. The fraction of sp³-hybridized carbons (Fsp3) is 0.826. The van der Waals surface area contributed by atoms with Crippen molar-refractivity contribution in [2.24, 2.45) is 34.8 Å². The van der Waals surface area contributed by atoms with Crippen LogP contribution >= 0.6 is 0 Å². The lowest BCUT2D eigenvalue weighted by Crippen LogP contribution is -2.36. The normalized spacial score (nSPS) is 19.4. The Morgan fingerprint density at radius 2 is 1.41 bits per heavy atom. The van der Waals surface area contributed by atoms with Crippen molar-refractivity contribution in [3.8, 4) is 0 Å². The van der Waals surface area contributed by atoms with Crippen LogP contribution in [-0.4, -0.2) is 92.8 Å². The van der Waals surface area contributed by atoms with Gasteiger partial charge >= 0.3 is 23.9 Å². The standard InChI is InChI=1S/C6H14N2O2.2C6H13NO2.C5H9NO3/c7-4-2-1-3-5(8)6(9)10;1-4(2)3-5(7)6(8)9;1-3-4(2)5(7)6(8)9;7-3-1-4(5(8)9)6-2-3/h5H,1-4,7-8H2,(H,9,10);2*4-5H,3,7H2,1-2H3,(H,8,9);3-4,6-7H,1-2H2,(H,8,9)/t2*5-;4-,5-;3-,4+/m0001/s1. The molecule has 0 aromatic carbocycles. The molecule has 0 unspecified atom stereocenters. The molecule has 1 aliphatic heterocycles. The fourth-order valence-electron chi connectivity index (χ4n) is 2.64. The van der Waals surface area contributed by atoms with E-state index < -0.39 is 54.1 Å². The first-order valence-corrected chi connectivity index (χ1v) is 12.3. The number of nitrogens with two attached hydrogens (primary N) is 4. The Labute approximate surface area is 218 Å². The number of β-amino-alcohol motifs (C(OH)–C–C–N with tert-alkyl or cyclic N) is 1. The monoisotopic (exact) mass is 539 g/mol. The zero-order valence-corrected chi connectivity index (χ0v) is 22.4. The molecule has 0 saturated carbocycles. The first-order chi connectivity index (χ1) is 17.0. The molecular formula is C23H49N5O9. The van der Waals surface area contributed by atoms with E-state index in [2.05, 4.69) is 5.32 Å². The van der Waals surface area contributed by atoms with Gasteiger partial charge in [0, 0.05) is 13.0 Å². The lowest BCUT2D eigenvalue weighted by atomic mass is 10.0. The van der Waals surface area contributed by atoms with Crippen molar-refractivity contribution in [1.29, 1.82) is 0 Å². The second-order valence-electron chi connectivity index (χ2n) is 9.24. The molecule has 14 N–H and O–H groups in total. The first kappa shape index (κ1) is 39.2. The van der Waals surface area contributed by atoms with Crippen LogP contribution in [0.5, 0.6) is 0 Å². The van der Waals surface area contributed by atoms with Gasteiger partial charge < -0.3 is 53.8 Å². The number of unbranched alkanes of at least 4 members (excludes halogenated alkanes) is 1. The third-order valence-electron chi connectivity index (χ3n) is 5.28. The highest BCUT2D eigenvalue weighted by Crippen LogP contribution is 2.05. The summed E-state index contributed by atoms with van der Waals surface area (Å²) in [5.74, 6) is -3.21. The summed E-state index contributed by atoms with van der Waals surface area (Å²) in [4.78, 5) is 40.6. The number of nitrogens with one attached hydrogen (secondary N) is 1. The summed E-state index contributed by atoms with van der Waals surface area (Å²) in [6.45, 7) is 8.65. The minimum atomic E-state index is -0.933. The predicted molar refractivity (Wildman–Crippen MR) is 139 cm³/mol. The average Bonchev–Trinajstić information content (AvgIpc) is 3.25. The molecule has 0 amide bonds. The lowest BCUT2D eigenvalue weighted by molar-refractivity contribution is -0.140. The molecule has 220 valence electrons. The van der Waals surface area contributed by atoms with Gasteiger partial charge in [-0.15, -0.1) is 0 Å². The van der Waals surface area contributed by atoms with Crippen LogP contribution in [0.15, 0.2) is 0 Å². The number of hydrogen-bond donors (Lipinski definition) is 10. The van der Waals surface area contributed by atoms with Gasteiger partial charge in [-0.05, 0) is 37.6 Å². The molecule has 0 radical (unpaired) electrons. The Morgan fingerprint density at radius 1 is 0.892 bits per heavy atom. The van der Waals surface area contributed by atoms with Gasteiger partial charge in [0.25, 0.3) is 0 Å². The third-order valence-corrected chi connectivity index (χ3v) is 5.28. The van der Waals surface area contributed by atoms with E-state index in [1.54, 1.807) is 0 Å². The smallest absolute Gasteiger partial charge is 0.320 e. The summed E-state index contributed by atoms with van der Waals surface area (Å²) >= 11 is 0. The maximum Gasteiger partial charge on any atom is 0.320 e. The predicted octanol–water partition coefficient (Wildman–Crippen LogP) is -0.790. The van der Waals surface area contributed by atoms with E-state index in [0.717, 1.165) is 19.3 Å². The van der Waals surface area contributed by atoms with Crippen LogP contribution in [-0.2, 0) is 19.2 Å². The number of aliphatic carboxylic acids is 4. The average molecular weight is 540 g/mol. The quantitative estimate of drug-likeness (QED) is 0.136. The van der Waals surface area contributed by atoms with Crippen LogP contribution in [0.1, 0.15) is 66.2 Å². The Kier molecular flexibility index (Phi) is 24.1. The SMILES string of the molecule is CC(C)C[C@H](N)C(=O)O.CC[C@H](C)[C@H](N)C(=O)O.NCCCC[C@H](N)C(=O)O.O=C(O)[C@@H]1C[C@@H](O)CN1. The maximum atomic E-state index is 10.2. The molecular weight excluding hydrogens is 490 g/mol. The van der Waals surface area contributed by atoms with Gasteiger partial charge in [-0.1, -0.05) is 40.5 Å². The van der Waals surface area contributed by atoms with Crippen LogP contribution in [0.25, 0.3) is 0 Å². The molecule has 0 aromatic heterocycles. The third kappa shape index (κ3) is 23.8. The molecule has 0 spiro atoms. The molecule has 1 saturated heterocycles. The van der Waals surface area contributed by atoms with Gasteiger partial charge in [-0.3, -0.25) is 19.2 Å². The van der Waals surface area contributed by atoms with Crippen molar-refractivity contribution < 1.29 is 44.7 Å².